The van der Waals surface area contributed by atoms with Crippen LogP contribution in [0.3, 0.4) is 0 Å². The van der Waals surface area contributed by atoms with E-state index in [4.69, 9.17) is 14.6 Å². The summed E-state index contributed by atoms with van der Waals surface area (Å²) in [5.41, 5.74) is 0.934. The van der Waals surface area contributed by atoms with Crippen LogP contribution in [0.5, 0.6) is 11.5 Å². The Kier molecular flexibility index (Phi) is 6.54. The molecule has 0 saturated heterocycles. The number of hydrogen-bond donors (Lipinski definition) is 1. The second-order valence-corrected chi connectivity index (χ2v) is 5.13. The zero-order valence-electron chi connectivity index (χ0n) is 11.6. The molecule has 0 aromatic heterocycles. The van der Waals surface area contributed by atoms with E-state index in [9.17, 15) is 4.79 Å². The molecule has 1 aromatic rings. The van der Waals surface area contributed by atoms with Crippen molar-refractivity contribution in [2.75, 3.05) is 27.3 Å². The van der Waals surface area contributed by atoms with E-state index in [1.54, 1.807) is 25.1 Å². The first kappa shape index (κ1) is 16.5. The van der Waals surface area contributed by atoms with Crippen LogP contribution in [-0.4, -0.2) is 43.3 Å². The molecule has 5 nitrogen and oxygen atoms in total. The normalized spacial score (nSPS) is 10.4. The maximum atomic E-state index is 10.7. The second kappa shape index (κ2) is 7.91. The van der Waals surface area contributed by atoms with Gasteiger partial charge < -0.3 is 14.6 Å². The average Bonchev–Trinajstić information content (AvgIpc) is 2.35. The smallest absolute Gasteiger partial charge is 0.317 e. The van der Waals surface area contributed by atoms with Gasteiger partial charge in [0, 0.05) is 6.54 Å². The number of rotatable bonds is 8. The van der Waals surface area contributed by atoms with Gasteiger partial charge >= 0.3 is 5.97 Å². The summed E-state index contributed by atoms with van der Waals surface area (Å²) in [5.74, 6) is 0.349. The first-order valence-electron chi connectivity index (χ1n) is 5.98. The number of likely N-dealkylation sites (N-methyl/N-ethyl adjacent to an activating group) is 1. The Morgan fingerprint density at radius 1 is 1.55 bits per heavy atom. The second-order valence-electron chi connectivity index (χ2n) is 4.27. The number of halogens is 1. The Balaban J connectivity index is 2.92. The molecule has 0 fully saturated rings. The summed E-state index contributed by atoms with van der Waals surface area (Å²) < 4.78 is 11.6. The van der Waals surface area contributed by atoms with Crippen molar-refractivity contribution in [3.8, 4) is 11.5 Å². The quantitative estimate of drug-likeness (QED) is 0.735. The SMILES string of the molecule is C=CCOc1c(Br)cc(CN(C)CC(=O)O)cc1OC. The van der Waals surface area contributed by atoms with Crippen LogP contribution in [0.25, 0.3) is 0 Å². The molecule has 0 heterocycles. The molecule has 0 aliphatic rings. The Hall–Kier alpha value is -1.53. The number of aliphatic carboxylic acids is 1. The average molecular weight is 344 g/mol. The monoisotopic (exact) mass is 343 g/mol. The maximum Gasteiger partial charge on any atom is 0.317 e. The van der Waals surface area contributed by atoms with E-state index >= 15 is 0 Å². The summed E-state index contributed by atoms with van der Waals surface area (Å²) in [6.45, 7) is 4.47. The summed E-state index contributed by atoms with van der Waals surface area (Å²) in [6.07, 6.45) is 1.65. The minimum atomic E-state index is -0.857. The van der Waals surface area contributed by atoms with Gasteiger partial charge in [0.05, 0.1) is 18.1 Å². The van der Waals surface area contributed by atoms with E-state index in [2.05, 4.69) is 22.5 Å². The lowest BCUT2D eigenvalue weighted by atomic mass is 10.2. The highest BCUT2D eigenvalue weighted by molar-refractivity contribution is 9.10. The fraction of sp³-hybridized carbons (Fsp3) is 0.357. The van der Waals surface area contributed by atoms with Gasteiger partial charge in [0.1, 0.15) is 6.61 Å². The molecule has 0 atom stereocenters. The molecule has 110 valence electrons. The number of benzene rings is 1. The van der Waals surface area contributed by atoms with Gasteiger partial charge in [-0.25, -0.2) is 0 Å². The third-order valence-electron chi connectivity index (χ3n) is 2.49. The van der Waals surface area contributed by atoms with Crippen LogP contribution >= 0.6 is 15.9 Å². The van der Waals surface area contributed by atoms with Crippen LogP contribution in [0, 0.1) is 0 Å². The summed E-state index contributed by atoms with van der Waals surface area (Å²) in [6, 6.07) is 3.72. The third-order valence-corrected chi connectivity index (χ3v) is 3.08. The molecule has 0 saturated carbocycles. The predicted octanol–water partition coefficient (Wildman–Crippen LogP) is 2.54. The van der Waals surface area contributed by atoms with Crippen molar-refractivity contribution < 1.29 is 19.4 Å². The topological polar surface area (TPSA) is 59.0 Å². The predicted molar refractivity (Wildman–Crippen MR) is 80.4 cm³/mol. The molecule has 1 rings (SSSR count). The fourth-order valence-corrected chi connectivity index (χ4v) is 2.35. The maximum absolute atomic E-state index is 10.7. The van der Waals surface area contributed by atoms with Crippen LogP contribution in [0.15, 0.2) is 29.3 Å². The minimum absolute atomic E-state index is 0.0192. The molecule has 0 amide bonds. The fourth-order valence-electron chi connectivity index (χ4n) is 1.75. The number of methoxy groups -OCH3 is 1. The van der Waals surface area contributed by atoms with E-state index in [0.29, 0.717) is 24.7 Å². The van der Waals surface area contributed by atoms with Gasteiger partial charge in [-0.15, -0.1) is 0 Å². The van der Waals surface area contributed by atoms with Gasteiger partial charge in [0.25, 0.3) is 0 Å². The van der Waals surface area contributed by atoms with Crippen molar-refractivity contribution in [3.63, 3.8) is 0 Å². The summed E-state index contributed by atoms with van der Waals surface area (Å²) in [7, 11) is 3.31. The van der Waals surface area contributed by atoms with Crippen LogP contribution in [0.1, 0.15) is 5.56 Å². The van der Waals surface area contributed by atoms with Crippen LogP contribution in [-0.2, 0) is 11.3 Å². The van der Waals surface area contributed by atoms with Crippen molar-refractivity contribution >= 4 is 21.9 Å². The van der Waals surface area contributed by atoms with E-state index in [0.717, 1.165) is 10.0 Å². The van der Waals surface area contributed by atoms with Crippen molar-refractivity contribution in [3.05, 3.63) is 34.8 Å². The molecule has 20 heavy (non-hydrogen) atoms. The Morgan fingerprint density at radius 3 is 2.80 bits per heavy atom. The van der Waals surface area contributed by atoms with E-state index in [1.807, 2.05) is 12.1 Å². The molecule has 0 aliphatic carbocycles. The lowest BCUT2D eigenvalue weighted by Crippen LogP contribution is -2.25. The standard InChI is InChI=1S/C14H18BrNO4/c1-4-5-20-14-11(15)6-10(7-12(14)19-3)8-16(2)9-13(17)18/h4,6-7H,1,5,8-9H2,2-3H3,(H,17,18). The Morgan fingerprint density at radius 2 is 2.25 bits per heavy atom. The highest BCUT2D eigenvalue weighted by Gasteiger charge is 2.13. The molecule has 0 bridgehead atoms. The summed E-state index contributed by atoms with van der Waals surface area (Å²) >= 11 is 3.44. The third kappa shape index (κ3) is 4.86. The Bertz CT molecular complexity index is 490. The van der Waals surface area contributed by atoms with Crippen LogP contribution < -0.4 is 9.47 Å². The lowest BCUT2D eigenvalue weighted by molar-refractivity contribution is -0.138. The van der Waals surface area contributed by atoms with Gasteiger partial charge in [-0.1, -0.05) is 12.7 Å². The number of nitrogens with zero attached hydrogens (tertiary/aromatic N) is 1. The highest BCUT2D eigenvalue weighted by atomic mass is 79.9. The van der Waals surface area contributed by atoms with Gasteiger partial charge in [-0.05, 0) is 40.7 Å². The van der Waals surface area contributed by atoms with Crippen molar-refractivity contribution in [2.24, 2.45) is 0 Å². The highest BCUT2D eigenvalue weighted by Crippen LogP contribution is 2.36. The number of hydrogen-bond acceptors (Lipinski definition) is 4. The summed E-state index contributed by atoms with van der Waals surface area (Å²) in [4.78, 5) is 12.4. The summed E-state index contributed by atoms with van der Waals surface area (Å²) in [5, 5.41) is 8.75. The van der Waals surface area contributed by atoms with Gasteiger partial charge in [0.2, 0.25) is 0 Å². The molecule has 6 heteroatoms. The largest absolute Gasteiger partial charge is 0.493 e. The molecule has 0 spiro atoms. The van der Waals surface area contributed by atoms with Gasteiger partial charge in [-0.2, -0.15) is 0 Å². The van der Waals surface area contributed by atoms with Crippen LogP contribution in [0.2, 0.25) is 0 Å². The van der Waals surface area contributed by atoms with Gasteiger partial charge in [-0.3, -0.25) is 9.69 Å². The first-order chi connectivity index (χ1) is 9.47. The van der Waals surface area contributed by atoms with E-state index in [-0.39, 0.29) is 6.54 Å². The van der Waals surface area contributed by atoms with Crippen molar-refractivity contribution in [1.82, 2.24) is 4.90 Å². The number of carboxylic acid groups (broad SMARTS) is 1. The number of carbonyl (C=O) groups is 1. The number of carboxylic acids is 1. The van der Waals surface area contributed by atoms with Gasteiger partial charge in [0.15, 0.2) is 11.5 Å². The Labute approximate surface area is 126 Å². The zero-order chi connectivity index (χ0) is 15.1. The minimum Gasteiger partial charge on any atom is -0.493 e. The van der Waals surface area contributed by atoms with E-state index in [1.165, 1.54) is 0 Å². The van der Waals surface area contributed by atoms with Crippen molar-refractivity contribution in [2.45, 2.75) is 6.54 Å². The molecule has 1 N–H and O–H groups in total. The molecular weight excluding hydrogens is 326 g/mol. The lowest BCUT2D eigenvalue weighted by Gasteiger charge is -2.17. The molecule has 0 radical (unpaired) electrons. The van der Waals surface area contributed by atoms with Crippen LogP contribution in [0.4, 0.5) is 0 Å². The molecule has 0 aliphatic heterocycles. The molecular formula is C14H18BrNO4. The zero-order valence-corrected chi connectivity index (χ0v) is 13.1. The molecule has 1 aromatic carbocycles. The number of ether oxygens (including phenoxy) is 2. The molecule has 0 unspecified atom stereocenters. The first-order valence-corrected chi connectivity index (χ1v) is 6.77. The van der Waals surface area contributed by atoms with Crippen molar-refractivity contribution in [1.29, 1.82) is 0 Å². The van der Waals surface area contributed by atoms with E-state index < -0.39 is 5.97 Å².